The van der Waals surface area contributed by atoms with E-state index in [4.69, 9.17) is 22.1 Å². The van der Waals surface area contributed by atoms with E-state index >= 15 is 0 Å². The highest BCUT2D eigenvalue weighted by Crippen LogP contribution is 2.37. The normalized spacial score (nSPS) is 11.7. The van der Waals surface area contributed by atoms with Crippen molar-refractivity contribution in [3.05, 3.63) is 47.0 Å². The molecule has 0 amide bonds. The summed E-state index contributed by atoms with van der Waals surface area (Å²) in [5.41, 5.74) is 7.98. The lowest BCUT2D eigenvalue weighted by atomic mass is 10.2. The van der Waals surface area contributed by atoms with Gasteiger partial charge in [0, 0.05) is 6.26 Å². The molecule has 0 fully saturated rings. The van der Waals surface area contributed by atoms with Crippen LogP contribution >= 0.6 is 11.6 Å². The molecule has 3 rings (SSSR count). The number of methoxy groups -OCH3 is 1. The van der Waals surface area contributed by atoms with Crippen molar-refractivity contribution in [2.24, 2.45) is 0 Å². The van der Waals surface area contributed by atoms with Gasteiger partial charge >= 0.3 is 0 Å². The van der Waals surface area contributed by atoms with Crippen LogP contribution < -0.4 is 14.8 Å². The fourth-order valence-electron chi connectivity index (χ4n) is 2.89. The van der Waals surface area contributed by atoms with Gasteiger partial charge in [-0.2, -0.15) is 5.10 Å². The van der Waals surface area contributed by atoms with E-state index in [1.807, 2.05) is 24.3 Å². The monoisotopic (exact) mass is 444 g/mol. The molecule has 0 aliphatic carbocycles. The average Bonchev–Trinajstić information content (AvgIpc) is 3.11. The van der Waals surface area contributed by atoms with Crippen LogP contribution in [-0.2, 0) is 24.1 Å². The summed E-state index contributed by atoms with van der Waals surface area (Å²) in [6.45, 7) is -0.233. The molecule has 0 saturated carbocycles. The Labute approximate surface area is 175 Å². The lowest BCUT2D eigenvalue weighted by molar-refractivity contribution is 0.414. The van der Waals surface area contributed by atoms with Crippen LogP contribution in [-0.4, -0.2) is 41.2 Å². The number of nitrogen functional groups attached to an aromatic ring is 1. The standard InChI is InChI=1S/C18H20ClFN4O2S.CH3F/c1-26-13-5-3-12(4-6-13)11-24(27(2)25)18-16-14(19)7-8-15(21)17(16)23(22-18)10-9-20;1-2/h3-8H,9-11,21H2,1-2H3;1H3. The molecule has 2 aromatic carbocycles. The second-order valence-corrected chi connectivity index (χ2v) is 7.60. The summed E-state index contributed by atoms with van der Waals surface area (Å²) < 4.78 is 43.3. The van der Waals surface area contributed by atoms with Gasteiger partial charge in [0.1, 0.15) is 23.4 Å². The molecule has 158 valence electrons. The van der Waals surface area contributed by atoms with Crippen LogP contribution in [0.2, 0.25) is 5.02 Å². The molecule has 1 heterocycles. The zero-order valence-corrected chi connectivity index (χ0v) is 17.9. The number of rotatable bonds is 7. The number of nitrogens with zero attached hydrogens (tertiary/aromatic N) is 3. The first-order valence-electron chi connectivity index (χ1n) is 8.58. The molecular weight excluding hydrogens is 422 g/mol. The SMILES string of the molecule is CF.COc1ccc(CN(c2nn(CCF)c3c(N)ccc(Cl)c23)S(C)=O)cc1. The van der Waals surface area contributed by atoms with Crippen molar-refractivity contribution in [3.8, 4) is 5.75 Å². The maximum Gasteiger partial charge on any atom is 0.172 e. The number of alkyl halides is 2. The number of benzene rings is 2. The number of ether oxygens (including phenoxy) is 1. The second-order valence-electron chi connectivity index (χ2n) is 5.90. The van der Waals surface area contributed by atoms with Gasteiger partial charge in [-0.25, -0.2) is 8.60 Å². The molecule has 0 aliphatic heterocycles. The minimum Gasteiger partial charge on any atom is -0.497 e. The van der Waals surface area contributed by atoms with Gasteiger partial charge in [0.2, 0.25) is 0 Å². The Morgan fingerprint density at radius 1 is 1.24 bits per heavy atom. The first-order chi connectivity index (χ1) is 14.0. The van der Waals surface area contributed by atoms with Gasteiger partial charge in [-0.05, 0) is 29.8 Å². The minimum absolute atomic E-state index is 0.0355. The summed E-state index contributed by atoms with van der Waals surface area (Å²) in [7, 11) is 0.705. The molecule has 0 radical (unpaired) electrons. The van der Waals surface area contributed by atoms with Gasteiger partial charge < -0.3 is 10.5 Å². The van der Waals surface area contributed by atoms with Crippen LogP contribution in [0.1, 0.15) is 5.56 Å². The predicted octanol–water partition coefficient (Wildman–Crippen LogP) is 4.14. The number of anilines is 2. The largest absolute Gasteiger partial charge is 0.497 e. The smallest absolute Gasteiger partial charge is 0.172 e. The first-order valence-corrected chi connectivity index (χ1v) is 10.5. The summed E-state index contributed by atoms with van der Waals surface area (Å²) in [5.74, 6) is 1.14. The summed E-state index contributed by atoms with van der Waals surface area (Å²) in [6, 6.07) is 10.7. The fourth-order valence-corrected chi connectivity index (χ4v) is 3.83. The van der Waals surface area contributed by atoms with Crippen LogP contribution in [0.3, 0.4) is 0 Å². The fraction of sp³-hybridized carbons (Fsp3) is 0.316. The Kier molecular flexibility index (Phi) is 8.21. The lowest BCUT2D eigenvalue weighted by Crippen LogP contribution is -2.25. The van der Waals surface area contributed by atoms with Gasteiger partial charge in [0.15, 0.2) is 5.82 Å². The summed E-state index contributed by atoms with van der Waals surface area (Å²) in [4.78, 5) is 0. The Hall–Kier alpha value is -2.39. The molecule has 1 aromatic heterocycles. The number of fused-ring (bicyclic) bond motifs is 1. The van der Waals surface area contributed by atoms with Gasteiger partial charge in [0.05, 0.1) is 49.0 Å². The molecule has 0 bridgehead atoms. The maximum absolute atomic E-state index is 13.0. The van der Waals surface area contributed by atoms with Crippen LogP contribution in [0.5, 0.6) is 5.75 Å². The number of nitrogens with two attached hydrogens (primary N) is 1. The Bertz CT molecular complexity index is 982. The van der Waals surface area contributed by atoms with Crippen LogP contribution in [0, 0.1) is 0 Å². The summed E-state index contributed by atoms with van der Waals surface area (Å²) in [5, 5.41) is 5.46. The number of aromatic nitrogens is 2. The highest BCUT2D eigenvalue weighted by Gasteiger charge is 2.23. The number of halogens is 3. The van der Waals surface area contributed by atoms with Crippen molar-refractivity contribution in [3.63, 3.8) is 0 Å². The molecule has 1 unspecified atom stereocenters. The van der Waals surface area contributed by atoms with E-state index in [1.54, 1.807) is 29.8 Å². The number of hydrogen-bond acceptors (Lipinski definition) is 4. The molecule has 1 atom stereocenters. The molecule has 10 heteroatoms. The number of aryl methyl sites for hydroxylation is 1. The third kappa shape index (κ3) is 4.97. The van der Waals surface area contributed by atoms with Crippen molar-refractivity contribution < 1.29 is 17.7 Å². The van der Waals surface area contributed by atoms with E-state index in [1.165, 1.54) is 4.68 Å². The van der Waals surface area contributed by atoms with Crippen LogP contribution in [0.15, 0.2) is 36.4 Å². The van der Waals surface area contributed by atoms with E-state index in [0.717, 1.165) is 11.3 Å². The average molecular weight is 445 g/mol. The molecule has 0 saturated heterocycles. The molecule has 0 aliphatic rings. The van der Waals surface area contributed by atoms with Gasteiger partial charge in [0.25, 0.3) is 0 Å². The van der Waals surface area contributed by atoms with Crippen molar-refractivity contribution >= 4 is 45.0 Å². The number of hydrogen-bond donors (Lipinski definition) is 1. The van der Waals surface area contributed by atoms with Crippen molar-refractivity contribution in [1.29, 1.82) is 0 Å². The highest BCUT2D eigenvalue weighted by atomic mass is 35.5. The topological polar surface area (TPSA) is 73.4 Å². The Morgan fingerprint density at radius 3 is 2.45 bits per heavy atom. The predicted molar refractivity (Wildman–Crippen MR) is 115 cm³/mol. The third-order valence-electron chi connectivity index (χ3n) is 4.18. The summed E-state index contributed by atoms with van der Waals surface area (Å²) >= 11 is 6.39. The highest BCUT2D eigenvalue weighted by molar-refractivity contribution is 7.85. The molecular formula is C19H23ClF2N4O2S. The van der Waals surface area contributed by atoms with Gasteiger partial charge in [-0.15, -0.1) is 0 Å². The third-order valence-corrected chi connectivity index (χ3v) is 5.42. The molecule has 29 heavy (non-hydrogen) atoms. The second kappa shape index (κ2) is 10.4. The molecule has 3 aromatic rings. The van der Waals surface area contributed by atoms with Gasteiger partial charge in [-0.3, -0.25) is 13.4 Å². The molecule has 2 N–H and O–H groups in total. The van der Waals surface area contributed by atoms with Crippen molar-refractivity contribution in [2.75, 3.05) is 37.3 Å². The summed E-state index contributed by atoms with van der Waals surface area (Å²) in [6.07, 6.45) is 1.56. The van der Waals surface area contributed by atoms with E-state index in [2.05, 4.69) is 5.10 Å². The van der Waals surface area contributed by atoms with E-state index < -0.39 is 17.7 Å². The van der Waals surface area contributed by atoms with Crippen LogP contribution in [0.4, 0.5) is 20.3 Å². The quantitative estimate of drug-likeness (QED) is 0.556. The zero-order chi connectivity index (χ0) is 21.6. The van der Waals surface area contributed by atoms with Gasteiger partial charge in [-0.1, -0.05) is 23.7 Å². The zero-order valence-electron chi connectivity index (χ0n) is 16.4. The lowest BCUT2D eigenvalue weighted by Gasteiger charge is -2.20. The van der Waals surface area contributed by atoms with E-state index in [0.29, 0.717) is 41.2 Å². The van der Waals surface area contributed by atoms with E-state index in [-0.39, 0.29) is 6.54 Å². The van der Waals surface area contributed by atoms with Crippen molar-refractivity contribution in [1.82, 2.24) is 9.78 Å². The van der Waals surface area contributed by atoms with Crippen LogP contribution in [0.25, 0.3) is 10.9 Å². The Balaban J connectivity index is 0.00000145. The minimum atomic E-state index is -1.39. The van der Waals surface area contributed by atoms with E-state index in [9.17, 15) is 13.0 Å². The Morgan fingerprint density at radius 2 is 1.90 bits per heavy atom. The first kappa shape index (κ1) is 22.9. The van der Waals surface area contributed by atoms with Crippen molar-refractivity contribution in [2.45, 2.75) is 13.1 Å². The molecule has 0 spiro atoms. The molecule has 6 nitrogen and oxygen atoms in total. The maximum atomic E-state index is 13.0.